The van der Waals surface area contributed by atoms with Gasteiger partial charge in [0.1, 0.15) is 0 Å². The molecule has 0 amide bonds. The van der Waals surface area contributed by atoms with Crippen LogP contribution in [0.4, 0.5) is 0 Å². The molecule has 1 aliphatic carbocycles. The molecule has 1 aliphatic rings. The van der Waals surface area contributed by atoms with Crippen LogP contribution >= 0.6 is 0 Å². The molecule has 0 spiro atoms. The molecule has 1 heteroatoms. The van der Waals surface area contributed by atoms with E-state index in [1.165, 1.54) is 24.0 Å². The molecule has 0 aromatic heterocycles. The molecule has 17 heavy (non-hydrogen) atoms. The van der Waals surface area contributed by atoms with Gasteiger partial charge in [-0.1, -0.05) is 43.7 Å². The molecule has 0 unspecified atom stereocenters. The van der Waals surface area contributed by atoms with Crippen LogP contribution in [-0.2, 0) is 5.54 Å². The summed E-state index contributed by atoms with van der Waals surface area (Å²) in [6, 6.07) is 8.73. The van der Waals surface area contributed by atoms with E-state index >= 15 is 0 Å². The van der Waals surface area contributed by atoms with Crippen LogP contribution in [0.3, 0.4) is 0 Å². The van der Waals surface area contributed by atoms with Crippen LogP contribution in [0.1, 0.15) is 50.7 Å². The molecule has 2 N–H and O–H groups in total. The summed E-state index contributed by atoms with van der Waals surface area (Å²) in [5.74, 6) is 1.67. The fraction of sp³-hybridized carbons (Fsp3) is 0.625. The van der Waals surface area contributed by atoms with Crippen molar-refractivity contribution < 1.29 is 0 Å². The van der Waals surface area contributed by atoms with E-state index in [9.17, 15) is 0 Å². The Balaban J connectivity index is 2.12. The Morgan fingerprint density at radius 1 is 1.24 bits per heavy atom. The highest BCUT2D eigenvalue weighted by Crippen LogP contribution is 2.40. The van der Waals surface area contributed by atoms with Crippen molar-refractivity contribution in [2.45, 2.75) is 52.0 Å². The summed E-state index contributed by atoms with van der Waals surface area (Å²) in [4.78, 5) is 0. The summed E-state index contributed by atoms with van der Waals surface area (Å²) < 4.78 is 0. The van der Waals surface area contributed by atoms with Crippen molar-refractivity contribution in [3.63, 3.8) is 0 Å². The Hall–Kier alpha value is -0.820. The SMILES string of the molecule is Cc1cccc(C2(N)CCC(C(C)C)CC2)c1. The Morgan fingerprint density at radius 2 is 1.88 bits per heavy atom. The quantitative estimate of drug-likeness (QED) is 0.818. The van der Waals surface area contributed by atoms with Crippen molar-refractivity contribution in [2.75, 3.05) is 0 Å². The van der Waals surface area contributed by atoms with Crippen LogP contribution < -0.4 is 5.73 Å². The van der Waals surface area contributed by atoms with E-state index in [1.807, 2.05) is 0 Å². The highest BCUT2D eigenvalue weighted by molar-refractivity contribution is 5.29. The number of nitrogens with two attached hydrogens (primary N) is 1. The number of rotatable bonds is 2. The molecule has 1 nitrogen and oxygen atoms in total. The summed E-state index contributed by atoms with van der Waals surface area (Å²) in [5.41, 5.74) is 9.19. The summed E-state index contributed by atoms with van der Waals surface area (Å²) in [6.07, 6.45) is 4.84. The summed E-state index contributed by atoms with van der Waals surface area (Å²) in [6.45, 7) is 6.81. The lowest BCUT2D eigenvalue weighted by Gasteiger charge is -2.39. The lowest BCUT2D eigenvalue weighted by atomic mass is 9.70. The van der Waals surface area contributed by atoms with E-state index in [0.29, 0.717) is 0 Å². The average Bonchev–Trinajstić information content (AvgIpc) is 2.29. The average molecular weight is 231 g/mol. The lowest BCUT2D eigenvalue weighted by molar-refractivity contribution is 0.196. The van der Waals surface area contributed by atoms with Crippen LogP contribution in [0.25, 0.3) is 0 Å². The van der Waals surface area contributed by atoms with Crippen LogP contribution in [0.2, 0.25) is 0 Å². The Morgan fingerprint density at radius 3 is 2.41 bits per heavy atom. The zero-order valence-electron chi connectivity index (χ0n) is 11.4. The minimum absolute atomic E-state index is 0.0720. The monoisotopic (exact) mass is 231 g/mol. The zero-order chi connectivity index (χ0) is 12.5. The summed E-state index contributed by atoms with van der Waals surface area (Å²) in [5, 5.41) is 0. The van der Waals surface area contributed by atoms with Gasteiger partial charge in [0, 0.05) is 5.54 Å². The van der Waals surface area contributed by atoms with Crippen LogP contribution in [0.15, 0.2) is 24.3 Å². The Bertz CT molecular complexity index is 373. The molecule has 1 saturated carbocycles. The Labute approximate surface area is 105 Å². The van der Waals surface area contributed by atoms with E-state index in [0.717, 1.165) is 24.7 Å². The highest BCUT2D eigenvalue weighted by atomic mass is 14.7. The molecule has 0 bridgehead atoms. The summed E-state index contributed by atoms with van der Waals surface area (Å²) in [7, 11) is 0. The second-order valence-corrected chi connectivity index (χ2v) is 6.11. The van der Waals surface area contributed by atoms with Crippen LogP contribution in [-0.4, -0.2) is 0 Å². The highest BCUT2D eigenvalue weighted by Gasteiger charge is 2.33. The molecule has 0 atom stereocenters. The second kappa shape index (κ2) is 4.81. The number of hydrogen-bond donors (Lipinski definition) is 1. The third-order valence-electron chi connectivity index (χ3n) is 4.46. The van der Waals surface area contributed by atoms with Crippen molar-refractivity contribution in [3.05, 3.63) is 35.4 Å². The molecule has 1 fully saturated rings. The second-order valence-electron chi connectivity index (χ2n) is 6.11. The van der Waals surface area contributed by atoms with Gasteiger partial charge in [0.2, 0.25) is 0 Å². The molecule has 2 rings (SSSR count). The maximum absolute atomic E-state index is 6.61. The number of benzene rings is 1. The van der Waals surface area contributed by atoms with E-state index in [2.05, 4.69) is 45.0 Å². The maximum Gasteiger partial charge on any atom is 0.0409 e. The van der Waals surface area contributed by atoms with Gasteiger partial charge in [0.05, 0.1) is 0 Å². The Kier molecular flexibility index (Phi) is 3.58. The van der Waals surface area contributed by atoms with Crippen LogP contribution in [0, 0.1) is 18.8 Å². The topological polar surface area (TPSA) is 26.0 Å². The number of aryl methyl sites for hydroxylation is 1. The third-order valence-corrected chi connectivity index (χ3v) is 4.46. The molecule has 0 saturated heterocycles. The van der Waals surface area contributed by atoms with Gasteiger partial charge in [-0.05, 0) is 50.0 Å². The molecule has 1 aromatic carbocycles. The van der Waals surface area contributed by atoms with Gasteiger partial charge in [-0.25, -0.2) is 0 Å². The van der Waals surface area contributed by atoms with E-state index in [4.69, 9.17) is 5.73 Å². The maximum atomic E-state index is 6.61. The van der Waals surface area contributed by atoms with Gasteiger partial charge in [-0.3, -0.25) is 0 Å². The van der Waals surface area contributed by atoms with Gasteiger partial charge >= 0.3 is 0 Å². The molecular weight excluding hydrogens is 206 g/mol. The first-order chi connectivity index (χ1) is 8.01. The van der Waals surface area contributed by atoms with Crippen molar-refractivity contribution in [3.8, 4) is 0 Å². The van der Waals surface area contributed by atoms with Gasteiger partial charge < -0.3 is 5.73 Å². The van der Waals surface area contributed by atoms with Crippen molar-refractivity contribution in [1.82, 2.24) is 0 Å². The van der Waals surface area contributed by atoms with E-state index in [1.54, 1.807) is 0 Å². The lowest BCUT2D eigenvalue weighted by Crippen LogP contribution is -2.41. The first-order valence-corrected chi connectivity index (χ1v) is 6.87. The zero-order valence-corrected chi connectivity index (χ0v) is 11.4. The fourth-order valence-corrected chi connectivity index (χ4v) is 3.07. The minimum Gasteiger partial charge on any atom is -0.321 e. The van der Waals surface area contributed by atoms with Crippen molar-refractivity contribution >= 4 is 0 Å². The van der Waals surface area contributed by atoms with E-state index < -0.39 is 0 Å². The predicted octanol–water partition coefficient (Wildman–Crippen LogP) is 4.00. The predicted molar refractivity (Wildman–Crippen MR) is 73.8 cm³/mol. The molecule has 0 radical (unpaired) electrons. The fourth-order valence-electron chi connectivity index (χ4n) is 3.07. The molecular formula is C16H25N. The molecule has 94 valence electrons. The van der Waals surface area contributed by atoms with Gasteiger partial charge in [0.15, 0.2) is 0 Å². The minimum atomic E-state index is -0.0720. The standard InChI is InChI=1S/C16H25N/c1-12(2)14-7-9-16(17,10-8-14)15-6-4-5-13(3)11-15/h4-6,11-12,14H,7-10,17H2,1-3H3. The number of hydrogen-bond acceptors (Lipinski definition) is 1. The third kappa shape index (κ3) is 2.71. The normalized spacial score (nSPS) is 29.6. The van der Waals surface area contributed by atoms with Crippen LogP contribution in [0.5, 0.6) is 0 Å². The first-order valence-electron chi connectivity index (χ1n) is 6.87. The largest absolute Gasteiger partial charge is 0.321 e. The molecule has 0 aliphatic heterocycles. The summed E-state index contributed by atoms with van der Waals surface area (Å²) >= 11 is 0. The molecule has 0 heterocycles. The van der Waals surface area contributed by atoms with Crippen molar-refractivity contribution in [2.24, 2.45) is 17.6 Å². The first kappa shape index (κ1) is 12.6. The van der Waals surface area contributed by atoms with Crippen molar-refractivity contribution in [1.29, 1.82) is 0 Å². The molecule has 1 aromatic rings. The smallest absolute Gasteiger partial charge is 0.0409 e. The van der Waals surface area contributed by atoms with Gasteiger partial charge in [-0.2, -0.15) is 0 Å². The van der Waals surface area contributed by atoms with E-state index in [-0.39, 0.29) is 5.54 Å². The van der Waals surface area contributed by atoms with Gasteiger partial charge in [-0.15, -0.1) is 0 Å². The van der Waals surface area contributed by atoms with Gasteiger partial charge in [0.25, 0.3) is 0 Å².